The first-order chi connectivity index (χ1) is 15.3. The molecule has 0 saturated carbocycles. The van der Waals surface area contributed by atoms with Gasteiger partial charge in [-0.25, -0.2) is 9.67 Å². The van der Waals surface area contributed by atoms with Gasteiger partial charge >= 0.3 is 6.18 Å². The normalized spacial score (nSPS) is 11.2. The zero-order chi connectivity index (χ0) is 22.9. The number of alkyl halides is 3. The summed E-state index contributed by atoms with van der Waals surface area (Å²) in [6, 6.07) is 8.92. The summed E-state index contributed by atoms with van der Waals surface area (Å²) in [5.74, 6) is -0.996. The van der Waals surface area contributed by atoms with Gasteiger partial charge in [0.25, 0.3) is 5.91 Å². The van der Waals surface area contributed by atoms with Crippen LogP contribution in [0.2, 0.25) is 5.02 Å². The van der Waals surface area contributed by atoms with E-state index >= 15 is 0 Å². The van der Waals surface area contributed by atoms with Crippen LogP contribution in [0.5, 0.6) is 0 Å². The van der Waals surface area contributed by atoms with Crippen molar-refractivity contribution in [3.8, 4) is 17.6 Å². The average molecular weight is 459 g/mol. The molecule has 160 valence electrons. The van der Waals surface area contributed by atoms with Gasteiger partial charge in [-0.05, 0) is 18.2 Å². The molecule has 3 heterocycles. The van der Waals surface area contributed by atoms with E-state index in [2.05, 4.69) is 25.6 Å². The summed E-state index contributed by atoms with van der Waals surface area (Å²) in [7, 11) is 0. The van der Waals surface area contributed by atoms with Crippen LogP contribution >= 0.6 is 11.6 Å². The number of hydrogen-bond donors (Lipinski definition) is 1. The fourth-order valence-corrected chi connectivity index (χ4v) is 3.10. The maximum Gasteiger partial charge on any atom is 0.434 e. The van der Waals surface area contributed by atoms with Crippen LogP contribution in [-0.2, 0) is 6.18 Å². The summed E-state index contributed by atoms with van der Waals surface area (Å²) in [4.78, 5) is 17.8. The van der Waals surface area contributed by atoms with E-state index in [4.69, 9.17) is 11.6 Å². The Morgan fingerprint density at radius 2 is 1.84 bits per heavy atom. The molecule has 0 bridgehead atoms. The molecule has 0 saturated heterocycles. The number of para-hydroxylation sites is 1. The molecule has 0 aliphatic heterocycles. The molecule has 0 aliphatic rings. The SMILES string of the molecule is N#Cc1cc(NC(=O)c2cnn(-c3ccccc3Cl)c2C(F)(F)F)cnc1-n1nccn1. The van der Waals surface area contributed by atoms with Crippen molar-refractivity contribution in [2.24, 2.45) is 0 Å². The molecule has 3 aromatic heterocycles. The number of nitrogens with one attached hydrogen (secondary N) is 1. The minimum atomic E-state index is -4.91. The van der Waals surface area contributed by atoms with Crippen LogP contribution in [0.3, 0.4) is 0 Å². The number of pyridine rings is 1. The topological polar surface area (TPSA) is 114 Å². The highest BCUT2D eigenvalue weighted by Crippen LogP contribution is 2.35. The van der Waals surface area contributed by atoms with E-state index in [0.717, 1.165) is 11.0 Å². The number of benzene rings is 1. The number of halogens is 4. The quantitative estimate of drug-likeness (QED) is 0.499. The van der Waals surface area contributed by atoms with Crippen LogP contribution in [-0.4, -0.2) is 35.7 Å². The predicted molar refractivity (Wildman–Crippen MR) is 105 cm³/mol. The Balaban J connectivity index is 1.70. The summed E-state index contributed by atoms with van der Waals surface area (Å²) >= 11 is 6.01. The van der Waals surface area contributed by atoms with E-state index in [9.17, 15) is 23.2 Å². The standard InChI is InChI=1S/C19H10ClF3N8O/c20-14-3-1-2-4-15(14)30-16(19(21,22)23)13(10-28-30)18(32)29-12-7-11(8-24)17(25-9-12)31-26-5-6-27-31/h1-7,9-10H,(H,29,32). The molecule has 0 fully saturated rings. The van der Waals surface area contributed by atoms with Gasteiger partial charge in [0, 0.05) is 0 Å². The van der Waals surface area contributed by atoms with Crippen LogP contribution in [0.15, 0.2) is 55.1 Å². The van der Waals surface area contributed by atoms with Crippen LogP contribution in [0.1, 0.15) is 21.6 Å². The van der Waals surface area contributed by atoms with Crippen molar-refractivity contribution >= 4 is 23.2 Å². The largest absolute Gasteiger partial charge is 0.434 e. The number of nitrogens with zero attached hydrogens (tertiary/aromatic N) is 7. The second kappa shape index (κ2) is 8.12. The van der Waals surface area contributed by atoms with Gasteiger partial charge in [-0.2, -0.15) is 33.7 Å². The Labute approximate surface area is 182 Å². The number of carbonyl (C=O) groups excluding carboxylic acids is 1. The fourth-order valence-electron chi connectivity index (χ4n) is 2.88. The highest BCUT2D eigenvalue weighted by atomic mass is 35.5. The van der Waals surface area contributed by atoms with Gasteiger partial charge in [-0.3, -0.25) is 4.79 Å². The van der Waals surface area contributed by atoms with Crippen molar-refractivity contribution in [1.29, 1.82) is 5.26 Å². The van der Waals surface area contributed by atoms with E-state index in [1.165, 1.54) is 42.9 Å². The molecule has 32 heavy (non-hydrogen) atoms. The maximum atomic E-state index is 13.8. The first kappa shape index (κ1) is 21.0. The summed E-state index contributed by atoms with van der Waals surface area (Å²) in [5, 5.41) is 23.1. The molecule has 0 aliphatic carbocycles. The molecule has 0 atom stereocenters. The van der Waals surface area contributed by atoms with Crippen LogP contribution in [0.25, 0.3) is 11.5 Å². The Morgan fingerprint density at radius 1 is 1.12 bits per heavy atom. The number of anilines is 1. The molecule has 13 heteroatoms. The van der Waals surface area contributed by atoms with Gasteiger partial charge < -0.3 is 5.32 Å². The Kier molecular flexibility index (Phi) is 5.33. The second-order valence-corrected chi connectivity index (χ2v) is 6.65. The molecule has 9 nitrogen and oxygen atoms in total. The number of nitriles is 1. The van der Waals surface area contributed by atoms with Crippen molar-refractivity contribution in [2.75, 3.05) is 5.32 Å². The average Bonchev–Trinajstić information content (AvgIpc) is 3.44. The lowest BCUT2D eigenvalue weighted by Crippen LogP contribution is -2.21. The van der Waals surface area contributed by atoms with E-state index < -0.39 is 23.3 Å². The number of carbonyl (C=O) groups is 1. The van der Waals surface area contributed by atoms with Crippen molar-refractivity contribution in [3.63, 3.8) is 0 Å². The van der Waals surface area contributed by atoms with Gasteiger partial charge in [-0.1, -0.05) is 23.7 Å². The molecular formula is C19H10ClF3N8O. The van der Waals surface area contributed by atoms with Crippen molar-refractivity contribution in [1.82, 2.24) is 29.8 Å². The first-order valence-corrected chi connectivity index (χ1v) is 9.15. The zero-order valence-electron chi connectivity index (χ0n) is 15.7. The van der Waals surface area contributed by atoms with Crippen molar-refractivity contribution in [3.05, 3.63) is 77.0 Å². The van der Waals surface area contributed by atoms with E-state index in [1.54, 1.807) is 6.07 Å². The lowest BCUT2D eigenvalue weighted by molar-refractivity contribution is -0.143. The van der Waals surface area contributed by atoms with Crippen LogP contribution in [0.4, 0.5) is 18.9 Å². The van der Waals surface area contributed by atoms with Gasteiger partial charge in [-0.15, -0.1) is 4.80 Å². The summed E-state index contributed by atoms with van der Waals surface area (Å²) < 4.78 is 42.1. The molecule has 4 rings (SSSR count). The molecule has 1 aromatic carbocycles. The lowest BCUT2D eigenvalue weighted by Gasteiger charge is -2.14. The van der Waals surface area contributed by atoms with E-state index in [0.29, 0.717) is 4.68 Å². The summed E-state index contributed by atoms with van der Waals surface area (Å²) in [6.45, 7) is 0. The van der Waals surface area contributed by atoms with Crippen LogP contribution < -0.4 is 5.32 Å². The van der Waals surface area contributed by atoms with Crippen molar-refractivity contribution in [2.45, 2.75) is 6.18 Å². The molecule has 1 N–H and O–H groups in total. The fraction of sp³-hybridized carbons (Fsp3) is 0.0526. The number of hydrogen-bond acceptors (Lipinski definition) is 6. The third-order valence-corrected chi connectivity index (χ3v) is 4.54. The van der Waals surface area contributed by atoms with Gasteiger partial charge in [0.1, 0.15) is 11.6 Å². The molecule has 4 aromatic rings. The highest BCUT2D eigenvalue weighted by Gasteiger charge is 2.41. The smallest absolute Gasteiger partial charge is 0.320 e. The number of amides is 1. The maximum absolute atomic E-state index is 13.8. The molecular weight excluding hydrogens is 449 g/mol. The number of rotatable bonds is 4. The first-order valence-electron chi connectivity index (χ1n) is 8.78. The lowest BCUT2D eigenvalue weighted by atomic mass is 10.2. The summed E-state index contributed by atoms with van der Waals surface area (Å²) in [6.07, 6.45) is -0.180. The Hall–Kier alpha value is -4.24. The predicted octanol–water partition coefficient (Wildman–Crippen LogP) is 3.64. The van der Waals surface area contributed by atoms with E-state index in [-0.39, 0.29) is 27.8 Å². The van der Waals surface area contributed by atoms with Gasteiger partial charge in [0.05, 0.1) is 46.7 Å². The minimum Gasteiger partial charge on any atom is -0.320 e. The van der Waals surface area contributed by atoms with Gasteiger partial charge in [0.15, 0.2) is 11.5 Å². The molecule has 1 amide bonds. The van der Waals surface area contributed by atoms with Crippen molar-refractivity contribution < 1.29 is 18.0 Å². The second-order valence-electron chi connectivity index (χ2n) is 6.25. The Morgan fingerprint density at radius 3 is 2.50 bits per heavy atom. The Bertz CT molecular complexity index is 1340. The minimum absolute atomic E-state index is 0.000995. The third-order valence-electron chi connectivity index (χ3n) is 4.22. The molecule has 0 radical (unpaired) electrons. The summed E-state index contributed by atoms with van der Waals surface area (Å²) in [5.41, 5.74) is -2.06. The molecule has 0 unspecified atom stereocenters. The van der Waals surface area contributed by atoms with E-state index in [1.807, 2.05) is 6.07 Å². The third kappa shape index (κ3) is 3.88. The monoisotopic (exact) mass is 458 g/mol. The van der Waals surface area contributed by atoms with Gasteiger partial charge in [0.2, 0.25) is 0 Å². The van der Waals surface area contributed by atoms with Crippen LogP contribution in [0, 0.1) is 11.3 Å². The zero-order valence-corrected chi connectivity index (χ0v) is 16.5. The highest BCUT2D eigenvalue weighted by molar-refractivity contribution is 6.32. The molecule has 0 spiro atoms. The number of aromatic nitrogens is 6.